The molecule has 0 bridgehead atoms. The third kappa shape index (κ3) is 3.15. The van der Waals surface area contributed by atoms with Gasteiger partial charge in [0.05, 0.1) is 16.8 Å². The van der Waals surface area contributed by atoms with E-state index in [1.165, 1.54) is 61.6 Å². The fourth-order valence-corrected chi connectivity index (χ4v) is 8.71. The van der Waals surface area contributed by atoms with Crippen molar-refractivity contribution in [2.75, 3.05) is 4.90 Å². The standard InChI is InChI=1S/C40H27NOS/c1-24-19-20-25(2)36(21-24)41-34-16-8-6-14-31(34)40(32-15-7-9-17-35(32)41)30-13-5-3-11-26(30)28-23-38-29(22-33(28)40)39(42)27-12-4-10-18-37(27)43-38/h3-23H,1-2H3. The van der Waals surface area contributed by atoms with Crippen LogP contribution in [0.3, 0.4) is 0 Å². The highest BCUT2D eigenvalue weighted by atomic mass is 32.1. The molecule has 0 saturated carbocycles. The van der Waals surface area contributed by atoms with Gasteiger partial charge < -0.3 is 4.90 Å². The molecule has 2 aliphatic rings. The van der Waals surface area contributed by atoms with E-state index >= 15 is 0 Å². The van der Waals surface area contributed by atoms with E-state index in [2.05, 4.69) is 128 Å². The number of rotatable bonds is 1. The summed E-state index contributed by atoms with van der Waals surface area (Å²) in [4.78, 5) is 16.5. The second-order valence-electron chi connectivity index (χ2n) is 11.8. The Morgan fingerprint density at radius 3 is 1.95 bits per heavy atom. The van der Waals surface area contributed by atoms with Gasteiger partial charge in [0, 0.05) is 25.9 Å². The van der Waals surface area contributed by atoms with Crippen LogP contribution in [0.25, 0.3) is 31.3 Å². The van der Waals surface area contributed by atoms with E-state index in [0.29, 0.717) is 0 Å². The smallest absolute Gasteiger partial charge is 0.195 e. The minimum atomic E-state index is -0.565. The zero-order chi connectivity index (χ0) is 28.9. The molecule has 0 atom stereocenters. The Bertz CT molecular complexity index is 2320. The maximum Gasteiger partial charge on any atom is 0.195 e. The summed E-state index contributed by atoms with van der Waals surface area (Å²) in [6.07, 6.45) is 0. The summed E-state index contributed by atoms with van der Waals surface area (Å²) in [5, 5.41) is 1.58. The summed E-state index contributed by atoms with van der Waals surface area (Å²) in [6.45, 7) is 4.35. The summed E-state index contributed by atoms with van der Waals surface area (Å²) >= 11 is 1.70. The Kier molecular flexibility index (Phi) is 5.01. The summed E-state index contributed by atoms with van der Waals surface area (Å²) in [6, 6.07) is 45.7. The highest BCUT2D eigenvalue weighted by Gasteiger charge is 2.51. The van der Waals surface area contributed by atoms with Crippen LogP contribution >= 0.6 is 11.3 Å². The molecular formula is C40H27NOS. The first-order chi connectivity index (χ1) is 21.1. The van der Waals surface area contributed by atoms with Gasteiger partial charge in [-0.25, -0.2) is 0 Å². The number of hydrogen-bond acceptors (Lipinski definition) is 3. The molecule has 0 saturated heterocycles. The van der Waals surface area contributed by atoms with Crippen molar-refractivity contribution in [3.63, 3.8) is 0 Å². The third-order valence-corrected chi connectivity index (χ3v) is 10.6. The Hall–Kier alpha value is -4.99. The lowest BCUT2D eigenvalue weighted by Crippen LogP contribution is -2.36. The Morgan fingerprint density at radius 2 is 1.19 bits per heavy atom. The Morgan fingerprint density at radius 1 is 0.535 bits per heavy atom. The SMILES string of the molecule is Cc1ccc(C)c(N2c3ccccc3C3(c4ccccc4-c4cc5sc6ccccc6c(=O)c5cc43)c3ccccc32)c1. The lowest BCUT2D eigenvalue weighted by molar-refractivity contribution is 0.753. The molecule has 1 aromatic heterocycles. The minimum absolute atomic E-state index is 0.104. The van der Waals surface area contributed by atoms with E-state index in [1.54, 1.807) is 11.3 Å². The first-order valence-electron chi connectivity index (χ1n) is 14.7. The molecular weight excluding hydrogens is 543 g/mol. The lowest BCUT2D eigenvalue weighted by atomic mass is 9.64. The molecule has 0 N–H and O–H groups in total. The summed E-state index contributed by atoms with van der Waals surface area (Å²) < 4.78 is 2.06. The molecule has 204 valence electrons. The first-order valence-corrected chi connectivity index (χ1v) is 15.6. The van der Waals surface area contributed by atoms with Gasteiger partial charge in [-0.1, -0.05) is 84.9 Å². The molecule has 0 radical (unpaired) electrons. The van der Waals surface area contributed by atoms with E-state index in [-0.39, 0.29) is 5.43 Å². The van der Waals surface area contributed by atoms with E-state index in [0.717, 1.165) is 20.2 Å². The molecule has 1 aliphatic carbocycles. The van der Waals surface area contributed by atoms with Crippen LogP contribution in [-0.4, -0.2) is 0 Å². The van der Waals surface area contributed by atoms with E-state index in [4.69, 9.17) is 0 Å². The van der Waals surface area contributed by atoms with Gasteiger partial charge in [0.25, 0.3) is 0 Å². The largest absolute Gasteiger partial charge is 0.310 e. The van der Waals surface area contributed by atoms with Crippen molar-refractivity contribution in [2.24, 2.45) is 0 Å². The van der Waals surface area contributed by atoms with Gasteiger partial charge in [0.2, 0.25) is 0 Å². The van der Waals surface area contributed by atoms with Crippen LogP contribution in [0, 0.1) is 13.8 Å². The summed E-state index contributed by atoms with van der Waals surface area (Å²) in [7, 11) is 0. The van der Waals surface area contributed by atoms with Crippen molar-refractivity contribution >= 4 is 48.6 Å². The second-order valence-corrected chi connectivity index (χ2v) is 12.9. The maximum atomic E-state index is 14.0. The van der Waals surface area contributed by atoms with E-state index in [9.17, 15) is 4.79 Å². The summed E-state index contributed by atoms with van der Waals surface area (Å²) in [5.74, 6) is 0. The molecule has 0 amide bonds. The molecule has 2 heterocycles. The number of anilines is 3. The third-order valence-electron chi connectivity index (χ3n) is 9.44. The Labute approximate surface area is 254 Å². The molecule has 1 aliphatic heterocycles. The zero-order valence-electron chi connectivity index (χ0n) is 23.9. The predicted molar refractivity (Wildman–Crippen MR) is 181 cm³/mol. The molecule has 6 aromatic carbocycles. The van der Waals surface area contributed by atoms with Crippen LogP contribution in [0.15, 0.2) is 132 Å². The fourth-order valence-electron chi connectivity index (χ4n) is 7.62. The van der Waals surface area contributed by atoms with Gasteiger partial charge >= 0.3 is 0 Å². The van der Waals surface area contributed by atoms with Gasteiger partial charge in [-0.15, -0.1) is 11.3 Å². The van der Waals surface area contributed by atoms with Crippen LogP contribution in [0.4, 0.5) is 17.1 Å². The molecule has 0 unspecified atom stereocenters. The van der Waals surface area contributed by atoms with Crippen molar-refractivity contribution in [2.45, 2.75) is 19.3 Å². The molecule has 3 heteroatoms. The van der Waals surface area contributed by atoms with Crippen LogP contribution in [-0.2, 0) is 5.41 Å². The first kappa shape index (κ1) is 24.6. The maximum absolute atomic E-state index is 14.0. The topological polar surface area (TPSA) is 20.3 Å². The van der Waals surface area contributed by atoms with Crippen molar-refractivity contribution in [3.8, 4) is 11.1 Å². The zero-order valence-corrected chi connectivity index (χ0v) is 24.7. The monoisotopic (exact) mass is 569 g/mol. The average molecular weight is 570 g/mol. The van der Waals surface area contributed by atoms with Gasteiger partial charge in [0.15, 0.2) is 5.43 Å². The van der Waals surface area contributed by atoms with Gasteiger partial charge in [-0.05, 0) is 101 Å². The van der Waals surface area contributed by atoms with Crippen LogP contribution in [0.5, 0.6) is 0 Å². The number of aryl methyl sites for hydroxylation is 2. The van der Waals surface area contributed by atoms with Crippen LogP contribution < -0.4 is 10.3 Å². The van der Waals surface area contributed by atoms with Crippen molar-refractivity contribution in [1.29, 1.82) is 0 Å². The number of benzene rings is 6. The van der Waals surface area contributed by atoms with Crippen LogP contribution in [0.2, 0.25) is 0 Å². The molecule has 0 fully saturated rings. The number of fused-ring (bicyclic) bond motifs is 11. The molecule has 7 aromatic rings. The fraction of sp³-hybridized carbons (Fsp3) is 0.0750. The van der Waals surface area contributed by atoms with E-state index in [1.807, 2.05) is 18.2 Å². The van der Waals surface area contributed by atoms with Gasteiger partial charge in [-0.2, -0.15) is 0 Å². The highest BCUT2D eigenvalue weighted by Crippen LogP contribution is 2.63. The Balaban J connectivity index is 1.46. The minimum Gasteiger partial charge on any atom is -0.310 e. The van der Waals surface area contributed by atoms with E-state index < -0.39 is 5.41 Å². The normalized spacial score (nSPS) is 14.0. The molecule has 1 spiro atoms. The van der Waals surface area contributed by atoms with Gasteiger partial charge in [-0.3, -0.25) is 4.79 Å². The van der Waals surface area contributed by atoms with Crippen molar-refractivity contribution in [3.05, 3.63) is 171 Å². The molecule has 2 nitrogen and oxygen atoms in total. The summed E-state index contributed by atoms with van der Waals surface area (Å²) in [5.41, 5.74) is 12.9. The van der Waals surface area contributed by atoms with Gasteiger partial charge in [0.1, 0.15) is 0 Å². The van der Waals surface area contributed by atoms with Crippen LogP contribution in [0.1, 0.15) is 33.4 Å². The van der Waals surface area contributed by atoms with Crippen molar-refractivity contribution in [1.82, 2.24) is 0 Å². The predicted octanol–water partition coefficient (Wildman–Crippen LogP) is 10.2. The number of hydrogen-bond donors (Lipinski definition) is 0. The lowest BCUT2D eigenvalue weighted by Gasteiger charge is -2.45. The second kappa shape index (κ2) is 8.76. The quantitative estimate of drug-likeness (QED) is 0.183. The average Bonchev–Trinajstić information content (AvgIpc) is 3.32. The highest BCUT2D eigenvalue weighted by molar-refractivity contribution is 7.24. The molecule has 9 rings (SSSR count). The number of nitrogens with zero attached hydrogens (tertiary/aromatic N) is 1. The molecule has 43 heavy (non-hydrogen) atoms. The number of para-hydroxylation sites is 2. The van der Waals surface area contributed by atoms with Crippen molar-refractivity contribution < 1.29 is 0 Å².